The first kappa shape index (κ1) is 8.57. The van der Waals surface area contributed by atoms with E-state index in [1.54, 1.807) is 0 Å². The summed E-state index contributed by atoms with van der Waals surface area (Å²) >= 11 is 0. The van der Waals surface area contributed by atoms with Gasteiger partial charge in [-0.3, -0.25) is 0 Å². The van der Waals surface area contributed by atoms with Crippen LogP contribution in [-0.4, -0.2) is 18.3 Å². The molecule has 0 saturated carbocycles. The van der Waals surface area contributed by atoms with Crippen LogP contribution in [0.4, 0.5) is 5.69 Å². The molecule has 70 valence electrons. The molecule has 0 saturated heterocycles. The van der Waals surface area contributed by atoms with E-state index in [1.807, 2.05) is 6.07 Å². The van der Waals surface area contributed by atoms with Crippen molar-refractivity contribution in [2.45, 2.75) is 18.8 Å². The standard InChI is InChI=1S/C11H15NO/c1-11(6-7-13)8-12-10-5-3-2-4-9(10)11/h2-5,12-13H,6-8H2,1H3. The molecule has 1 atom stereocenters. The predicted molar refractivity (Wildman–Crippen MR) is 54.0 cm³/mol. The highest BCUT2D eigenvalue weighted by molar-refractivity contribution is 5.59. The van der Waals surface area contributed by atoms with E-state index in [2.05, 4.69) is 30.4 Å². The van der Waals surface area contributed by atoms with Crippen LogP contribution < -0.4 is 5.32 Å². The Hall–Kier alpha value is -1.02. The minimum absolute atomic E-state index is 0.116. The van der Waals surface area contributed by atoms with E-state index in [0.717, 1.165) is 13.0 Å². The molecule has 0 bridgehead atoms. The molecule has 1 aromatic carbocycles. The SMILES string of the molecule is CC1(CCO)CNc2ccccc21. The van der Waals surface area contributed by atoms with E-state index < -0.39 is 0 Å². The van der Waals surface area contributed by atoms with Gasteiger partial charge in [0.2, 0.25) is 0 Å². The molecule has 0 aromatic heterocycles. The van der Waals surface area contributed by atoms with Crippen LogP contribution in [0.2, 0.25) is 0 Å². The van der Waals surface area contributed by atoms with Gasteiger partial charge in [-0.05, 0) is 18.1 Å². The molecule has 1 heterocycles. The highest BCUT2D eigenvalue weighted by atomic mass is 16.3. The van der Waals surface area contributed by atoms with Crippen LogP contribution in [0.1, 0.15) is 18.9 Å². The number of para-hydroxylation sites is 1. The maximum Gasteiger partial charge on any atom is 0.0440 e. The molecule has 2 rings (SSSR count). The maximum atomic E-state index is 8.99. The monoisotopic (exact) mass is 177 g/mol. The molecular weight excluding hydrogens is 162 g/mol. The summed E-state index contributed by atoms with van der Waals surface area (Å²) in [5.41, 5.74) is 2.67. The highest BCUT2D eigenvalue weighted by Gasteiger charge is 2.33. The summed E-state index contributed by atoms with van der Waals surface area (Å²) in [6, 6.07) is 8.33. The second-order valence-corrected chi connectivity index (χ2v) is 3.93. The van der Waals surface area contributed by atoms with Crippen molar-refractivity contribution < 1.29 is 5.11 Å². The number of hydrogen-bond acceptors (Lipinski definition) is 2. The van der Waals surface area contributed by atoms with E-state index in [-0.39, 0.29) is 12.0 Å². The lowest BCUT2D eigenvalue weighted by Gasteiger charge is -2.22. The van der Waals surface area contributed by atoms with E-state index in [1.165, 1.54) is 11.3 Å². The van der Waals surface area contributed by atoms with Crippen LogP contribution >= 0.6 is 0 Å². The largest absolute Gasteiger partial charge is 0.396 e. The smallest absolute Gasteiger partial charge is 0.0440 e. The molecule has 1 aromatic rings. The Morgan fingerprint density at radius 3 is 3.00 bits per heavy atom. The van der Waals surface area contributed by atoms with Crippen molar-refractivity contribution in [3.05, 3.63) is 29.8 Å². The van der Waals surface area contributed by atoms with E-state index >= 15 is 0 Å². The first-order chi connectivity index (χ1) is 6.26. The molecular formula is C11H15NO. The molecule has 0 fully saturated rings. The lowest BCUT2D eigenvalue weighted by Crippen LogP contribution is -2.25. The van der Waals surface area contributed by atoms with Gasteiger partial charge in [0, 0.05) is 24.3 Å². The van der Waals surface area contributed by atoms with Crippen molar-refractivity contribution in [2.24, 2.45) is 0 Å². The summed E-state index contributed by atoms with van der Waals surface area (Å²) in [7, 11) is 0. The van der Waals surface area contributed by atoms with Crippen LogP contribution in [0, 0.1) is 0 Å². The van der Waals surface area contributed by atoms with E-state index in [4.69, 9.17) is 5.11 Å². The summed E-state index contributed by atoms with van der Waals surface area (Å²) in [4.78, 5) is 0. The Morgan fingerprint density at radius 2 is 2.23 bits per heavy atom. The number of rotatable bonds is 2. The first-order valence-corrected chi connectivity index (χ1v) is 4.70. The lowest BCUT2D eigenvalue weighted by molar-refractivity contribution is 0.252. The summed E-state index contributed by atoms with van der Waals surface area (Å²) in [6.45, 7) is 3.39. The highest BCUT2D eigenvalue weighted by Crippen LogP contribution is 2.38. The molecule has 2 heteroatoms. The fraction of sp³-hybridized carbons (Fsp3) is 0.455. The van der Waals surface area contributed by atoms with Gasteiger partial charge in [-0.1, -0.05) is 25.1 Å². The van der Waals surface area contributed by atoms with Crippen molar-refractivity contribution in [1.29, 1.82) is 0 Å². The third kappa shape index (κ3) is 1.31. The topological polar surface area (TPSA) is 32.3 Å². The quantitative estimate of drug-likeness (QED) is 0.721. The fourth-order valence-corrected chi connectivity index (χ4v) is 2.02. The van der Waals surface area contributed by atoms with Gasteiger partial charge in [0.1, 0.15) is 0 Å². The molecule has 2 nitrogen and oxygen atoms in total. The average Bonchev–Trinajstić information content (AvgIpc) is 2.46. The van der Waals surface area contributed by atoms with Gasteiger partial charge in [0.15, 0.2) is 0 Å². The van der Waals surface area contributed by atoms with Gasteiger partial charge in [-0.2, -0.15) is 0 Å². The van der Waals surface area contributed by atoms with Gasteiger partial charge in [-0.15, -0.1) is 0 Å². The second kappa shape index (κ2) is 3.04. The van der Waals surface area contributed by atoms with Crippen molar-refractivity contribution in [2.75, 3.05) is 18.5 Å². The molecule has 0 aliphatic carbocycles. The van der Waals surface area contributed by atoms with Gasteiger partial charge >= 0.3 is 0 Å². The molecule has 13 heavy (non-hydrogen) atoms. The van der Waals surface area contributed by atoms with Crippen LogP contribution in [-0.2, 0) is 5.41 Å². The van der Waals surface area contributed by atoms with Crippen LogP contribution in [0.15, 0.2) is 24.3 Å². The molecule has 0 radical (unpaired) electrons. The summed E-state index contributed by atoms with van der Waals surface area (Å²) in [5, 5.41) is 12.4. The second-order valence-electron chi connectivity index (χ2n) is 3.93. The molecule has 1 aliphatic heterocycles. The number of anilines is 1. The Bertz CT molecular complexity index is 307. The van der Waals surface area contributed by atoms with Crippen LogP contribution in [0.25, 0.3) is 0 Å². The van der Waals surface area contributed by atoms with Crippen LogP contribution in [0.5, 0.6) is 0 Å². The molecule has 1 unspecified atom stereocenters. The van der Waals surface area contributed by atoms with Gasteiger partial charge < -0.3 is 10.4 Å². The normalized spacial score (nSPS) is 25.4. The number of nitrogens with one attached hydrogen (secondary N) is 1. The fourth-order valence-electron chi connectivity index (χ4n) is 2.02. The third-order valence-electron chi connectivity index (χ3n) is 2.91. The van der Waals surface area contributed by atoms with Gasteiger partial charge in [0.25, 0.3) is 0 Å². The summed E-state index contributed by atoms with van der Waals surface area (Å²) in [5.74, 6) is 0. The third-order valence-corrected chi connectivity index (χ3v) is 2.91. The van der Waals surface area contributed by atoms with E-state index in [9.17, 15) is 0 Å². The zero-order valence-electron chi connectivity index (χ0n) is 7.88. The Labute approximate surface area is 78.6 Å². The summed E-state index contributed by atoms with van der Waals surface area (Å²) in [6.07, 6.45) is 0.830. The maximum absolute atomic E-state index is 8.99. The number of aliphatic hydroxyl groups excluding tert-OH is 1. The summed E-state index contributed by atoms with van der Waals surface area (Å²) < 4.78 is 0. The van der Waals surface area contributed by atoms with Gasteiger partial charge in [0.05, 0.1) is 0 Å². The minimum atomic E-state index is 0.116. The Kier molecular flexibility index (Phi) is 2.00. The lowest BCUT2D eigenvalue weighted by atomic mass is 9.82. The number of fused-ring (bicyclic) bond motifs is 1. The van der Waals surface area contributed by atoms with Crippen molar-refractivity contribution in [3.63, 3.8) is 0 Å². The number of benzene rings is 1. The Morgan fingerprint density at radius 1 is 1.46 bits per heavy atom. The average molecular weight is 177 g/mol. The molecule has 2 N–H and O–H groups in total. The van der Waals surface area contributed by atoms with Gasteiger partial charge in [-0.25, -0.2) is 0 Å². The molecule has 0 spiro atoms. The first-order valence-electron chi connectivity index (χ1n) is 4.70. The zero-order valence-corrected chi connectivity index (χ0v) is 7.88. The van der Waals surface area contributed by atoms with E-state index in [0.29, 0.717) is 0 Å². The zero-order chi connectivity index (χ0) is 9.31. The molecule has 1 aliphatic rings. The Balaban J connectivity index is 2.37. The van der Waals surface area contributed by atoms with Crippen molar-refractivity contribution in [1.82, 2.24) is 0 Å². The number of hydrogen-bond donors (Lipinski definition) is 2. The predicted octanol–water partition coefficient (Wildman–Crippen LogP) is 1.75. The molecule has 0 amide bonds. The van der Waals surface area contributed by atoms with Crippen molar-refractivity contribution in [3.8, 4) is 0 Å². The number of aliphatic hydroxyl groups is 1. The van der Waals surface area contributed by atoms with Crippen LogP contribution in [0.3, 0.4) is 0 Å². The van der Waals surface area contributed by atoms with Crippen molar-refractivity contribution >= 4 is 5.69 Å². The minimum Gasteiger partial charge on any atom is -0.396 e.